The Morgan fingerprint density at radius 1 is 1.42 bits per heavy atom. The Morgan fingerprint density at radius 3 is 2.63 bits per heavy atom. The topological polar surface area (TPSA) is 29.1 Å². The molecule has 0 aromatic heterocycles. The molecule has 0 heterocycles. The normalized spacial score (nSPS) is 17.3. The fraction of sp³-hybridized carbons (Fsp3) is 0.562. The molecule has 0 aliphatic heterocycles. The second kappa shape index (κ2) is 5.64. The number of carbonyl (C=O) groups is 1. The number of hydrogen-bond donors (Lipinski definition) is 1. The maximum atomic E-state index is 12.6. The second-order valence-electron chi connectivity index (χ2n) is 6.50. The summed E-state index contributed by atoms with van der Waals surface area (Å²) in [7, 11) is 0. The molecule has 0 spiro atoms. The Kier molecular flexibility index (Phi) is 4.32. The van der Waals surface area contributed by atoms with E-state index in [-0.39, 0.29) is 17.4 Å². The smallest absolute Gasteiger partial charge is 0.179 e. The zero-order valence-electron chi connectivity index (χ0n) is 11.9. The van der Waals surface area contributed by atoms with Crippen LogP contribution in [0.25, 0.3) is 0 Å². The third-order valence-corrected chi connectivity index (χ3v) is 3.53. The third-order valence-electron chi connectivity index (χ3n) is 3.30. The molecule has 19 heavy (non-hydrogen) atoms. The van der Waals surface area contributed by atoms with Crippen LogP contribution in [0.3, 0.4) is 0 Å². The van der Waals surface area contributed by atoms with Gasteiger partial charge in [-0.05, 0) is 45.2 Å². The third kappa shape index (κ3) is 4.63. The van der Waals surface area contributed by atoms with Gasteiger partial charge in [0, 0.05) is 16.1 Å². The molecular weight excluding hydrogens is 258 g/mol. The van der Waals surface area contributed by atoms with Gasteiger partial charge in [0.25, 0.3) is 0 Å². The standard InChI is InChI=1S/C16H22ClNO/c1-16(2,3)18-14(9-11-7-8-11)15(19)12-5-4-6-13(17)10-12/h4-6,10-11,14,18H,7-9H2,1-3H3. The zero-order valence-corrected chi connectivity index (χ0v) is 12.6. The monoisotopic (exact) mass is 279 g/mol. The number of rotatable bonds is 5. The van der Waals surface area contributed by atoms with Crippen molar-refractivity contribution in [2.24, 2.45) is 5.92 Å². The highest BCUT2D eigenvalue weighted by Gasteiger charge is 2.31. The molecule has 1 aromatic carbocycles. The lowest BCUT2D eigenvalue weighted by molar-refractivity contribution is 0.0916. The Hall–Kier alpha value is -0.860. The van der Waals surface area contributed by atoms with Crippen molar-refractivity contribution in [2.45, 2.75) is 51.6 Å². The SMILES string of the molecule is CC(C)(C)NC(CC1CC1)C(=O)c1cccc(Cl)c1. The minimum Gasteiger partial charge on any atom is -0.302 e. The number of nitrogens with one attached hydrogen (secondary N) is 1. The van der Waals surface area contributed by atoms with Crippen molar-refractivity contribution in [3.8, 4) is 0 Å². The van der Waals surface area contributed by atoms with E-state index in [0.29, 0.717) is 16.5 Å². The van der Waals surface area contributed by atoms with Crippen LogP contribution in [-0.2, 0) is 0 Å². The summed E-state index contributed by atoms with van der Waals surface area (Å²) in [6.07, 6.45) is 3.44. The molecule has 2 nitrogen and oxygen atoms in total. The first kappa shape index (κ1) is 14.5. The van der Waals surface area contributed by atoms with E-state index >= 15 is 0 Å². The summed E-state index contributed by atoms with van der Waals surface area (Å²) in [5.41, 5.74) is 0.642. The van der Waals surface area contributed by atoms with Crippen molar-refractivity contribution >= 4 is 17.4 Å². The van der Waals surface area contributed by atoms with E-state index in [1.54, 1.807) is 12.1 Å². The van der Waals surface area contributed by atoms with Crippen LogP contribution in [0.4, 0.5) is 0 Å². The van der Waals surface area contributed by atoms with Crippen molar-refractivity contribution in [2.75, 3.05) is 0 Å². The summed E-state index contributed by atoms with van der Waals surface area (Å²) in [4.78, 5) is 12.6. The van der Waals surface area contributed by atoms with E-state index in [1.807, 2.05) is 12.1 Å². The average Bonchev–Trinajstić information content (AvgIpc) is 3.09. The highest BCUT2D eigenvalue weighted by Crippen LogP contribution is 2.34. The Balaban J connectivity index is 2.14. The highest BCUT2D eigenvalue weighted by atomic mass is 35.5. The molecule has 3 heteroatoms. The summed E-state index contributed by atoms with van der Waals surface area (Å²) in [6.45, 7) is 6.29. The quantitative estimate of drug-likeness (QED) is 0.823. The van der Waals surface area contributed by atoms with Gasteiger partial charge in [-0.3, -0.25) is 4.79 Å². The molecule has 1 fully saturated rings. The van der Waals surface area contributed by atoms with Gasteiger partial charge in [0.2, 0.25) is 0 Å². The molecule has 1 aromatic rings. The van der Waals surface area contributed by atoms with Crippen LogP contribution < -0.4 is 5.32 Å². The number of halogens is 1. The van der Waals surface area contributed by atoms with Crippen LogP contribution in [0.5, 0.6) is 0 Å². The first-order valence-corrected chi connectivity index (χ1v) is 7.30. The van der Waals surface area contributed by atoms with E-state index < -0.39 is 0 Å². The van der Waals surface area contributed by atoms with Gasteiger partial charge in [-0.15, -0.1) is 0 Å². The van der Waals surface area contributed by atoms with Crippen LogP contribution in [-0.4, -0.2) is 17.4 Å². The summed E-state index contributed by atoms with van der Waals surface area (Å²) >= 11 is 5.97. The summed E-state index contributed by atoms with van der Waals surface area (Å²) < 4.78 is 0. The van der Waals surface area contributed by atoms with Crippen molar-refractivity contribution in [3.05, 3.63) is 34.9 Å². The number of Topliss-reactive ketones (excluding diaryl/α,β-unsaturated/α-hetero) is 1. The molecule has 1 atom stereocenters. The molecule has 1 N–H and O–H groups in total. The molecule has 0 amide bonds. The van der Waals surface area contributed by atoms with Crippen LogP contribution in [0.1, 0.15) is 50.4 Å². The minimum atomic E-state index is -0.106. The zero-order chi connectivity index (χ0) is 14.0. The number of ketones is 1. The molecule has 104 valence electrons. The fourth-order valence-corrected chi connectivity index (χ4v) is 2.47. The maximum Gasteiger partial charge on any atom is 0.179 e. The van der Waals surface area contributed by atoms with E-state index in [0.717, 1.165) is 6.42 Å². The lowest BCUT2D eigenvalue weighted by Crippen LogP contribution is -2.48. The average molecular weight is 280 g/mol. The second-order valence-corrected chi connectivity index (χ2v) is 6.94. The number of hydrogen-bond acceptors (Lipinski definition) is 2. The van der Waals surface area contributed by atoms with Crippen molar-refractivity contribution in [1.82, 2.24) is 5.32 Å². The van der Waals surface area contributed by atoms with Gasteiger partial charge in [-0.2, -0.15) is 0 Å². The van der Waals surface area contributed by atoms with Gasteiger partial charge in [0.05, 0.1) is 6.04 Å². The van der Waals surface area contributed by atoms with E-state index in [4.69, 9.17) is 11.6 Å². The first-order chi connectivity index (χ1) is 8.85. The van der Waals surface area contributed by atoms with Crippen molar-refractivity contribution in [1.29, 1.82) is 0 Å². The van der Waals surface area contributed by atoms with E-state index in [9.17, 15) is 4.79 Å². The molecule has 2 rings (SSSR count). The van der Waals surface area contributed by atoms with Crippen LogP contribution >= 0.6 is 11.6 Å². The van der Waals surface area contributed by atoms with Crippen LogP contribution in [0, 0.1) is 5.92 Å². The van der Waals surface area contributed by atoms with E-state index in [2.05, 4.69) is 26.1 Å². The molecule has 1 aliphatic carbocycles. The minimum absolute atomic E-state index is 0.0617. The molecule has 0 bridgehead atoms. The lowest BCUT2D eigenvalue weighted by Gasteiger charge is -2.28. The molecule has 1 unspecified atom stereocenters. The predicted octanol–water partition coefficient (Wildman–Crippen LogP) is 4.08. The number of benzene rings is 1. The highest BCUT2D eigenvalue weighted by molar-refractivity contribution is 6.31. The van der Waals surface area contributed by atoms with Crippen molar-refractivity contribution < 1.29 is 4.79 Å². The number of carbonyl (C=O) groups excluding carboxylic acids is 1. The van der Waals surface area contributed by atoms with Gasteiger partial charge in [0.15, 0.2) is 5.78 Å². The molecular formula is C16H22ClNO. The molecule has 0 radical (unpaired) electrons. The summed E-state index contributed by atoms with van der Waals surface area (Å²) in [6, 6.07) is 7.13. The maximum absolute atomic E-state index is 12.6. The lowest BCUT2D eigenvalue weighted by atomic mass is 9.96. The Labute approximate surface area is 120 Å². The predicted molar refractivity (Wildman–Crippen MR) is 79.8 cm³/mol. The van der Waals surface area contributed by atoms with Gasteiger partial charge in [0.1, 0.15) is 0 Å². The van der Waals surface area contributed by atoms with Crippen molar-refractivity contribution in [3.63, 3.8) is 0 Å². The summed E-state index contributed by atoms with van der Waals surface area (Å²) in [5.74, 6) is 0.868. The molecule has 0 saturated heterocycles. The van der Waals surface area contributed by atoms with Crippen LogP contribution in [0.2, 0.25) is 5.02 Å². The first-order valence-electron chi connectivity index (χ1n) is 6.92. The molecule has 1 saturated carbocycles. The molecule has 1 aliphatic rings. The van der Waals surface area contributed by atoms with Gasteiger partial charge in [-0.1, -0.05) is 36.6 Å². The van der Waals surface area contributed by atoms with Gasteiger partial charge in [-0.25, -0.2) is 0 Å². The van der Waals surface area contributed by atoms with Gasteiger partial charge < -0.3 is 5.32 Å². The van der Waals surface area contributed by atoms with Crippen LogP contribution in [0.15, 0.2) is 24.3 Å². The fourth-order valence-electron chi connectivity index (χ4n) is 2.28. The summed E-state index contributed by atoms with van der Waals surface area (Å²) in [5, 5.41) is 4.07. The van der Waals surface area contributed by atoms with E-state index in [1.165, 1.54) is 12.8 Å². The largest absolute Gasteiger partial charge is 0.302 e. The Morgan fingerprint density at radius 2 is 2.11 bits per heavy atom. The van der Waals surface area contributed by atoms with Gasteiger partial charge >= 0.3 is 0 Å². The Bertz CT molecular complexity index is 460.